The van der Waals surface area contributed by atoms with E-state index in [1.807, 2.05) is 60.7 Å². The molecule has 0 heterocycles. The Morgan fingerprint density at radius 2 is 1.45 bits per heavy atom. The molecule has 2 rings (SSSR count). The fraction of sp³-hybridized carbons (Fsp3) is 0.462. The molecule has 0 aliphatic carbocycles. The van der Waals surface area contributed by atoms with Crippen LogP contribution in [0.4, 0.5) is 4.79 Å². The Morgan fingerprint density at radius 1 is 0.895 bits per heavy atom. The molecule has 0 aromatic heterocycles. The van der Waals surface area contributed by atoms with Crippen molar-refractivity contribution in [2.45, 2.75) is 51.7 Å². The van der Waals surface area contributed by atoms with Crippen molar-refractivity contribution in [1.82, 2.24) is 5.32 Å². The first kappa shape index (κ1) is 31.4. The molecule has 210 valence electrons. The summed E-state index contributed by atoms with van der Waals surface area (Å²) in [5.41, 5.74) is 1.04. The lowest BCUT2D eigenvalue weighted by Gasteiger charge is -2.23. The first-order valence-corrected chi connectivity index (χ1v) is 13.4. The van der Waals surface area contributed by atoms with Gasteiger partial charge >= 0.3 is 19.9 Å². The maximum atomic E-state index is 12.5. The Labute approximate surface area is 222 Å². The van der Waals surface area contributed by atoms with Crippen molar-refractivity contribution < 1.29 is 47.0 Å². The summed E-state index contributed by atoms with van der Waals surface area (Å²) < 4.78 is 43.9. The number of carbonyl (C=O) groups excluding carboxylic acids is 2. The highest BCUT2D eigenvalue weighted by atomic mass is 31.2. The molecule has 0 spiro atoms. The molecule has 0 radical (unpaired) electrons. The Bertz CT molecular complexity index is 1030. The number of ether oxygens (including phenoxy) is 4. The molecule has 38 heavy (non-hydrogen) atoms. The van der Waals surface area contributed by atoms with Gasteiger partial charge in [-0.2, -0.15) is 0 Å². The van der Waals surface area contributed by atoms with Crippen molar-refractivity contribution >= 4 is 19.9 Å². The van der Waals surface area contributed by atoms with Crippen LogP contribution in [0.2, 0.25) is 0 Å². The van der Waals surface area contributed by atoms with E-state index < -0.39 is 44.2 Å². The van der Waals surface area contributed by atoms with Gasteiger partial charge in [-0.1, -0.05) is 60.7 Å². The van der Waals surface area contributed by atoms with Gasteiger partial charge in [0, 0.05) is 0 Å². The van der Waals surface area contributed by atoms with Crippen molar-refractivity contribution in [2.75, 3.05) is 26.9 Å². The van der Waals surface area contributed by atoms with E-state index in [0.29, 0.717) is 6.61 Å². The second-order valence-electron chi connectivity index (χ2n) is 9.20. The molecule has 0 aliphatic heterocycles. The smallest absolute Gasteiger partial charge is 0.467 e. The van der Waals surface area contributed by atoms with Crippen molar-refractivity contribution in [1.29, 1.82) is 0 Å². The van der Waals surface area contributed by atoms with E-state index in [9.17, 15) is 19.0 Å². The quantitative estimate of drug-likeness (QED) is 0.246. The number of rotatable bonds is 15. The summed E-state index contributed by atoms with van der Waals surface area (Å²) in [6.07, 6.45) is -1.63. The van der Waals surface area contributed by atoms with Crippen molar-refractivity contribution in [2.24, 2.45) is 0 Å². The number of carbonyl (C=O) groups is 2. The normalized spacial score (nSPS) is 14.7. The second kappa shape index (κ2) is 15.6. The van der Waals surface area contributed by atoms with Gasteiger partial charge in [0.25, 0.3) is 0 Å². The standard InChI is InChI=1S/C26H36NO10P/c1-26(2,3)37-25(29)27-23(24(28)32-4)19-36-38(30,31)35-18-22(34-16-21-13-9-6-10-14-21)17-33-15-20-11-7-5-8-12-20/h5-14,22-23H,15-19H2,1-4H3,(H,27,29)(H,30,31)/t22-,23-/m1/s1. The number of nitrogens with one attached hydrogen (secondary N) is 1. The van der Waals surface area contributed by atoms with Gasteiger partial charge in [-0.05, 0) is 31.9 Å². The molecule has 2 aromatic carbocycles. The molecule has 1 amide bonds. The summed E-state index contributed by atoms with van der Waals surface area (Å²) in [6, 6.07) is 17.5. The molecule has 0 saturated carbocycles. The lowest BCUT2D eigenvalue weighted by Crippen LogP contribution is -2.46. The number of hydrogen-bond donors (Lipinski definition) is 2. The molecule has 2 aromatic rings. The zero-order valence-corrected chi connectivity index (χ0v) is 22.9. The molecule has 0 bridgehead atoms. The summed E-state index contributed by atoms with van der Waals surface area (Å²) in [4.78, 5) is 34.3. The van der Waals surface area contributed by atoms with Gasteiger partial charge in [-0.3, -0.25) is 9.05 Å². The summed E-state index contributed by atoms with van der Waals surface area (Å²) in [6.45, 7) is 4.52. The predicted octanol–water partition coefficient (Wildman–Crippen LogP) is 3.99. The van der Waals surface area contributed by atoms with Crippen LogP contribution in [0, 0.1) is 0 Å². The number of benzene rings is 2. The van der Waals surface area contributed by atoms with Crippen LogP contribution in [-0.2, 0) is 50.6 Å². The SMILES string of the molecule is COC(=O)[C@@H](COP(=O)(O)OC[C@@H](COCc1ccccc1)OCc1ccccc1)NC(=O)OC(C)(C)C. The van der Waals surface area contributed by atoms with Crippen LogP contribution < -0.4 is 5.32 Å². The topological polar surface area (TPSA) is 139 Å². The Morgan fingerprint density at radius 3 is 2.00 bits per heavy atom. The average Bonchev–Trinajstić information content (AvgIpc) is 2.87. The summed E-state index contributed by atoms with van der Waals surface area (Å²) in [5, 5.41) is 2.25. The van der Waals surface area contributed by atoms with Gasteiger partial charge in [0.05, 0.1) is 40.1 Å². The van der Waals surface area contributed by atoms with Gasteiger partial charge in [0.2, 0.25) is 0 Å². The minimum absolute atomic E-state index is 0.0761. The molecule has 0 saturated heterocycles. The second-order valence-corrected chi connectivity index (χ2v) is 10.7. The van der Waals surface area contributed by atoms with Gasteiger partial charge in [0.1, 0.15) is 11.7 Å². The Hall–Kier alpha value is -2.79. The largest absolute Gasteiger partial charge is 0.472 e. The highest BCUT2D eigenvalue weighted by Gasteiger charge is 2.31. The van der Waals surface area contributed by atoms with E-state index in [4.69, 9.17) is 23.3 Å². The van der Waals surface area contributed by atoms with Gasteiger partial charge in [-0.15, -0.1) is 0 Å². The Balaban J connectivity index is 1.93. The van der Waals surface area contributed by atoms with Crippen LogP contribution in [0.25, 0.3) is 0 Å². The number of esters is 1. The summed E-state index contributed by atoms with van der Waals surface area (Å²) >= 11 is 0. The van der Waals surface area contributed by atoms with E-state index in [1.165, 1.54) is 0 Å². The third-order valence-electron chi connectivity index (χ3n) is 4.75. The third-order valence-corrected chi connectivity index (χ3v) is 5.70. The molecule has 3 atom stereocenters. The summed E-state index contributed by atoms with van der Waals surface area (Å²) in [5.74, 6) is -0.894. The summed E-state index contributed by atoms with van der Waals surface area (Å²) in [7, 11) is -3.55. The highest BCUT2D eigenvalue weighted by Crippen LogP contribution is 2.43. The maximum absolute atomic E-state index is 12.5. The predicted molar refractivity (Wildman–Crippen MR) is 138 cm³/mol. The minimum atomic E-state index is -4.66. The van der Waals surface area contributed by atoms with Crippen LogP contribution in [0.15, 0.2) is 60.7 Å². The lowest BCUT2D eigenvalue weighted by atomic mass is 10.2. The maximum Gasteiger partial charge on any atom is 0.472 e. The highest BCUT2D eigenvalue weighted by molar-refractivity contribution is 7.47. The zero-order chi connectivity index (χ0) is 28.0. The number of methoxy groups -OCH3 is 1. The van der Waals surface area contributed by atoms with Crippen LogP contribution in [-0.4, -0.2) is 61.6 Å². The molecule has 11 nitrogen and oxygen atoms in total. The van der Waals surface area contributed by atoms with Crippen molar-refractivity contribution in [3.8, 4) is 0 Å². The van der Waals surface area contributed by atoms with Crippen molar-refractivity contribution in [3.63, 3.8) is 0 Å². The van der Waals surface area contributed by atoms with Gasteiger partial charge in [-0.25, -0.2) is 14.2 Å². The number of amides is 1. The van der Waals surface area contributed by atoms with Crippen molar-refractivity contribution in [3.05, 3.63) is 71.8 Å². The van der Waals surface area contributed by atoms with E-state index in [-0.39, 0.29) is 19.8 Å². The first-order valence-electron chi connectivity index (χ1n) is 11.9. The molecule has 0 fully saturated rings. The molecule has 1 unspecified atom stereocenters. The van der Waals surface area contributed by atoms with E-state index >= 15 is 0 Å². The van der Waals surface area contributed by atoms with Gasteiger partial charge < -0.3 is 29.2 Å². The van der Waals surface area contributed by atoms with Crippen LogP contribution in [0.5, 0.6) is 0 Å². The molecule has 2 N–H and O–H groups in total. The molecule has 0 aliphatic rings. The Kier molecular flexibility index (Phi) is 12.9. The fourth-order valence-electron chi connectivity index (χ4n) is 2.96. The first-order chi connectivity index (χ1) is 18.0. The van der Waals surface area contributed by atoms with E-state index in [0.717, 1.165) is 18.2 Å². The molecule has 12 heteroatoms. The van der Waals surface area contributed by atoms with Crippen LogP contribution in [0.3, 0.4) is 0 Å². The van der Waals surface area contributed by atoms with Gasteiger partial charge in [0.15, 0.2) is 6.04 Å². The van der Waals surface area contributed by atoms with E-state index in [2.05, 4.69) is 10.1 Å². The number of hydrogen-bond acceptors (Lipinski definition) is 9. The number of alkyl carbamates (subject to hydrolysis) is 1. The average molecular weight is 554 g/mol. The molecular weight excluding hydrogens is 517 g/mol. The monoisotopic (exact) mass is 553 g/mol. The van der Waals surface area contributed by atoms with Crippen LogP contribution in [0.1, 0.15) is 31.9 Å². The third kappa shape index (κ3) is 13.1. The fourth-order valence-corrected chi connectivity index (χ4v) is 3.73. The zero-order valence-electron chi connectivity index (χ0n) is 22.0. The molecular formula is C26H36NO10P. The number of phosphoric ester groups is 1. The minimum Gasteiger partial charge on any atom is -0.467 e. The number of phosphoric acid groups is 1. The van der Waals surface area contributed by atoms with E-state index in [1.54, 1.807) is 20.8 Å². The lowest BCUT2D eigenvalue weighted by molar-refractivity contribution is -0.144. The van der Waals surface area contributed by atoms with Crippen LogP contribution >= 0.6 is 7.82 Å².